The first-order valence-electron chi connectivity index (χ1n) is 20.6. The highest BCUT2D eigenvalue weighted by atomic mass is 79.9. The van der Waals surface area contributed by atoms with Crippen LogP contribution in [0.1, 0.15) is 66.9 Å². The summed E-state index contributed by atoms with van der Waals surface area (Å²) in [5.74, 6) is 4.13. The molecule has 6 aromatic rings. The van der Waals surface area contributed by atoms with Crippen LogP contribution in [0.4, 0.5) is 0 Å². The third kappa shape index (κ3) is 12.5. The second-order valence-electron chi connectivity index (χ2n) is 14.7. The largest absolute Gasteiger partial charge is 0.496 e. The molecular weight excluding hydrogens is 939 g/mol. The molecule has 0 bridgehead atoms. The van der Waals surface area contributed by atoms with Crippen LogP contribution in [0.5, 0.6) is 34.5 Å². The maximum atomic E-state index is 11.2. The number of alkyl halides is 2. The fourth-order valence-electron chi connectivity index (χ4n) is 7.03. The summed E-state index contributed by atoms with van der Waals surface area (Å²) in [6.07, 6.45) is 3.18. The van der Waals surface area contributed by atoms with E-state index >= 15 is 0 Å². The first kappa shape index (κ1) is 49.8. The van der Waals surface area contributed by atoms with Gasteiger partial charge in [0, 0.05) is 23.3 Å². The van der Waals surface area contributed by atoms with Crippen molar-refractivity contribution in [2.45, 2.75) is 53.8 Å². The molecule has 6 aromatic carbocycles. The van der Waals surface area contributed by atoms with Crippen LogP contribution in [-0.2, 0) is 13.2 Å². The number of aldehydes is 2. The van der Waals surface area contributed by atoms with E-state index in [1.165, 1.54) is 14.2 Å². The highest BCUT2D eigenvalue weighted by Gasteiger charge is 2.16. The Morgan fingerprint density at radius 3 is 1.27 bits per heavy atom. The number of hydrogen-bond donors (Lipinski definition) is 0. The van der Waals surface area contributed by atoms with E-state index in [9.17, 15) is 9.59 Å². The van der Waals surface area contributed by atoms with Crippen LogP contribution in [0.3, 0.4) is 0 Å². The van der Waals surface area contributed by atoms with Gasteiger partial charge < -0.3 is 28.4 Å². The van der Waals surface area contributed by atoms with E-state index in [0.29, 0.717) is 89.1 Å². The second-order valence-corrected chi connectivity index (χ2v) is 16.7. The molecule has 0 N–H and O–H groups in total. The number of carbonyl (C=O) groups is 2. The number of carbonyl (C=O) groups excluding carboxylic acids is 2. The van der Waals surface area contributed by atoms with Gasteiger partial charge in [0.05, 0.1) is 48.6 Å². The Labute approximate surface area is 399 Å². The Kier molecular flexibility index (Phi) is 19.3. The van der Waals surface area contributed by atoms with Crippen LogP contribution in [0.15, 0.2) is 97.1 Å². The van der Waals surface area contributed by atoms with Gasteiger partial charge in [0.15, 0.2) is 12.6 Å². The first-order chi connectivity index (χ1) is 31.0. The Bertz CT molecular complexity index is 2370. The number of benzene rings is 6. The van der Waals surface area contributed by atoms with E-state index in [0.717, 1.165) is 85.3 Å². The zero-order chi connectivity index (χ0) is 46.2. The zero-order valence-corrected chi connectivity index (χ0v) is 40.7. The van der Waals surface area contributed by atoms with Crippen molar-refractivity contribution in [2.75, 3.05) is 38.6 Å². The van der Waals surface area contributed by atoms with Crippen LogP contribution in [0.25, 0.3) is 22.3 Å². The minimum absolute atomic E-state index is 0.327. The summed E-state index contributed by atoms with van der Waals surface area (Å²) in [5, 5.41) is 1.64. The summed E-state index contributed by atoms with van der Waals surface area (Å²) in [4.78, 5) is 22.4. The van der Waals surface area contributed by atoms with Crippen molar-refractivity contribution in [1.29, 1.82) is 0 Å². The molecule has 0 atom stereocenters. The van der Waals surface area contributed by atoms with Crippen molar-refractivity contribution >= 4 is 63.3 Å². The molecule has 336 valence electrons. The van der Waals surface area contributed by atoms with E-state index in [4.69, 9.17) is 63.2 Å². The SMILES string of the molecule is COc1cc(OCc2cccc(-c3cccc(OCCCBr)c3C)c2C)c(Cl)cc1C=O.COc1cc(OCc2cccc(-c3cccc(OCCCCl)c3C)c2C)c(Cl)cc1C=O. The van der Waals surface area contributed by atoms with Gasteiger partial charge in [-0.3, -0.25) is 9.59 Å². The zero-order valence-electron chi connectivity index (χ0n) is 36.8. The molecule has 0 saturated carbocycles. The smallest absolute Gasteiger partial charge is 0.153 e. The first-order valence-corrected chi connectivity index (χ1v) is 23.1. The Morgan fingerprint density at radius 2 is 0.891 bits per heavy atom. The van der Waals surface area contributed by atoms with Gasteiger partial charge in [0.1, 0.15) is 47.7 Å². The van der Waals surface area contributed by atoms with Crippen molar-refractivity contribution < 1.29 is 38.0 Å². The minimum Gasteiger partial charge on any atom is -0.496 e. The Hall–Kier alpha value is -5.19. The van der Waals surface area contributed by atoms with E-state index in [-0.39, 0.29) is 0 Å². The maximum absolute atomic E-state index is 11.2. The van der Waals surface area contributed by atoms with Gasteiger partial charge in [-0.1, -0.05) is 99.8 Å². The molecule has 0 spiro atoms. The van der Waals surface area contributed by atoms with Gasteiger partial charge >= 0.3 is 0 Å². The lowest BCUT2D eigenvalue weighted by Gasteiger charge is -2.17. The summed E-state index contributed by atoms with van der Waals surface area (Å²) >= 11 is 21.8. The topological polar surface area (TPSA) is 89.5 Å². The molecule has 0 radical (unpaired) electrons. The molecule has 0 aliphatic heterocycles. The standard InChI is InChI=1S/C26H26BrClO4.C26H26Cl2O4/c2*1-17-19(16-32-26-14-25(30-3)20(15-29)13-23(26)28)7-4-8-21(17)22-9-5-10-24(18(22)2)31-12-6-11-27/h2*4-5,7-10,13-15H,6,11-12,16H2,1-3H3. The number of halogens is 4. The van der Waals surface area contributed by atoms with Crippen molar-refractivity contribution in [1.82, 2.24) is 0 Å². The molecule has 0 fully saturated rings. The Morgan fingerprint density at radius 1 is 0.500 bits per heavy atom. The molecule has 64 heavy (non-hydrogen) atoms. The van der Waals surface area contributed by atoms with Gasteiger partial charge in [-0.15, -0.1) is 11.6 Å². The van der Waals surface area contributed by atoms with E-state index in [2.05, 4.69) is 67.9 Å². The highest BCUT2D eigenvalue weighted by molar-refractivity contribution is 9.09. The average Bonchev–Trinajstić information content (AvgIpc) is 3.30. The molecule has 0 unspecified atom stereocenters. The van der Waals surface area contributed by atoms with Crippen LogP contribution < -0.4 is 28.4 Å². The van der Waals surface area contributed by atoms with Crippen LogP contribution in [0.2, 0.25) is 10.0 Å². The van der Waals surface area contributed by atoms with Gasteiger partial charge in [-0.2, -0.15) is 0 Å². The summed E-state index contributed by atoms with van der Waals surface area (Å²) in [6.45, 7) is 10.2. The molecule has 12 heteroatoms. The van der Waals surface area contributed by atoms with Crippen LogP contribution in [0, 0.1) is 27.7 Å². The number of hydrogen-bond acceptors (Lipinski definition) is 8. The second kappa shape index (κ2) is 24.8. The molecular formula is C52H52BrCl3O8. The van der Waals surface area contributed by atoms with Gasteiger partial charge in [-0.25, -0.2) is 0 Å². The summed E-state index contributed by atoms with van der Waals surface area (Å²) < 4.78 is 34.4. The van der Waals surface area contributed by atoms with Crippen molar-refractivity contribution in [3.63, 3.8) is 0 Å². The normalized spacial score (nSPS) is 10.7. The molecule has 0 amide bonds. The third-order valence-corrected chi connectivity index (χ3v) is 12.1. The lowest BCUT2D eigenvalue weighted by molar-refractivity contribution is 0.111. The fraction of sp³-hybridized carbons (Fsp3) is 0.269. The van der Waals surface area contributed by atoms with Crippen molar-refractivity contribution in [3.05, 3.63) is 152 Å². The quantitative estimate of drug-likeness (QED) is 0.0424. The number of methoxy groups -OCH3 is 2. The van der Waals surface area contributed by atoms with E-state index in [1.807, 2.05) is 48.5 Å². The van der Waals surface area contributed by atoms with Crippen LogP contribution in [-0.4, -0.2) is 51.2 Å². The highest BCUT2D eigenvalue weighted by Crippen LogP contribution is 2.38. The average molecular weight is 991 g/mol. The van der Waals surface area contributed by atoms with Gasteiger partial charge in [0.25, 0.3) is 0 Å². The predicted molar refractivity (Wildman–Crippen MR) is 263 cm³/mol. The third-order valence-electron chi connectivity index (χ3n) is 10.7. The Balaban J connectivity index is 0.000000241. The van der Waals surface area contributed by atoms with E-state index < -0.39 is 0 Å². The summed E-state index contributed by atoms with van der Waals surface area (Å²) in [7, 11) is 3.01. The molecule has 0 aromatic heterocycles. The van der Waals surface area contributed by atoms with Crippen molar-refractivity contribution in [3.8, 4) is 56.8 Å². The molecule has 0 heterocycles. The predicted octanol–water partition coefficient (Wildman–Crippen LogP) is 14.2. The molecule has 8 nitrogen and oxygen atoms in total. The molecule has 0 aliphatic carbocycles. The van der Waals surface area contributed by atoms with Gasteiger partial charge in [-0.05, 0) is 120 Å². The van der Waals surface area contributed by atoms with Crippen LogP contribution >= 0.6 is 50.7 Å². The number of rotatable bonds is 20. The number of ether oxygens (including phenoxy) is 6. The van der Waals surface area contributed by atoms with E-state index in [1.54, 1.807) is 24.3 Å². The summed E-state index contributed by atoms with van der Waals surface area (Å²) in [6, 6.07) is 30.9. The molecule has 6 rings (SSSR count). The monoisotopic (exact) mass is 988 g/mol. The molecule has 0 saturated heterocycles. The lowest BCUT2D eigenvalue weighted by atomic mass is 9.93. The minimum atomic E-state index is 0.327. The fourth-order valence-corrected chi connectivity index (χ4v) is 7.82. The van der Waals surface area contributed by atoms with Gasteiger partial charge in [0.2, 0.25) is 0 Å². The molecule has 0 aliphatic rings. The lowest BCUT2D eigenvalue weighted by Crippen LogP contribution is -2.02. The van der Waals surface area contributed by atoms with Crippen molar-refractivity contribution in [2.24, 2.45) is 0 Å². The summed E-state index contributed by atoms with van der Waals surface area (Å²) in [5.41, 5.74) is 11.8. The maximum Gasteiger partial charge on any atom is 0.153 e.